The van der Waals surface area contributed by atoms with E-state index in [-0.39, 0.29) is 29.8 Å². The van der Waals surface area contributed by atoms with Crippen LogP contribution >= 0.6 is 0 Å². The fourth-order valence-electron chi connectivity index (χ4n) is 6.38. The van der Waals surface area contributed by atoms with Crippen LogP contribution in [0.15, 0.2) is 23.3 Å². The quantitative estimate of drug-likeness (QED) is 0.662. The van der Waals surface area contributed by atoms with Crippen LogP contribution < -0.4 is 0 Å². The summed E-state index contributed by atoms with van der Waals surface area (Å²) in [5.74, 6) is -0.600. The number of allylic oxidation sites excluding steroid dienone is 2. The Balaban J connectivity index is 1.85. The summed E-state index contributed by atoms with van der Waals surface area (Å²) in [7, 11) is 0. The van der Waals surface area contributed by atoms with Crippen LogP contribution in [0.1, 0.15) is 52.9 Å². The number of aliphatic hydroxyl groups is 3. The maximum Gasteiger partial charge on any atom is 0.160 e. The minimum atomic E-state index is -1.20. The normalized spacial score (nSPS) is 50.3. The number of carbonyl (C=O) groups is 2. The molecule has 0 aromatic rings. The van der Waals surface area contributed by atoms with Gasteiger partial charge in [0, 0.05) is 22.7 Å². The van der Waals surface area contributed by atoms with E-state index in [1.807, 2.05) is 13.8 Å². The summed E-state index contributed by atoms with van der Waals surface area (Å²) in [6, 6.07) is 0. The van der Waals surface area contributed by atoms with E-state index in [2.05, 4.69) is 6.08 Å². The van der Waals surface area contributed by atoms with Crippen molar-refractivity contribution >= 4 is 11.6 Å². The van der Waals surface area contributed by atoms with Crippen molar-refractivity contribution in [3.05, 3.63) is 23.3 Å². The third kappa shape index (κ3) is 2.02. The Labute approximate surface area is 153 Å². The Hall–Kier alpha value is -1.30. The molecule has 0 aliphatic heterocycles. The highest BCUT2D eigenvalue weighted by molar-refractivity contribution is 5.97. The largest absolute Gasteiger partial charge is 0.390 e. The Bertz CT molecular complexity index is 752. The summed E-state index contributed by atoms with van der Waals surface area (Å²) in [5.41, 5.74) is -0.826. The van der Waals surface area contributed by atoms with E-state index in [1.54, 1.807) is 13.0 Å². The van der Waals surface area contributed by atoms with E-state index in [0.29, 0.717) is 31.3 Å². The molecule has 5 nitrogen and oxygen atoms in total. The molecular weight excluding hydrogens is 332 g/mol. The second-order valence-corrected chi connectivity index (χ2v) is 9.31. The molecule has 2 saturated carbocycles. The molecule has 0 radical (unpaired) electrons. The highest BCUT2D eigenvalue weighted by Gasteiger charge is 2.64. The van der Waals surface area contributed by atoms with Gasteiger partial charge in [-0.1, -0.05) is 19.9 Å². The molecule has 3 N–H and O–H groups in total. The fraction of sp³-hybridized carbons (Fsp3) is 0.714. The lowest BCUT2D eigenvalue weighted by molar-refractivity contribution is -0.134. The van der Waals surface area contributed by atoms with Gasteiger partial charge in [0.25, 0.3) is 0 Å². The number of hydrogen-bond donors (Lipinski definition) is 3. The molecule has 4 aliphatic rings. The number of rotatable bonds is 1. The number of ketones is 2. The molecule has 26 heavy (non-hydrogen) atoms. The van der Waals surface area contributed by atoms with E-state index < -0.39 is 28.6 Å². The van der Waals surface area contributed by atoms with Crippen LogP contribution in [0.25, 0.3) is 0 Å². The lowest BCUT2D eigenvalue weighted by Gasteiger charge is -2.55. The number of hydrogen-bond acceptors (Lipinski definition) is 5. The first-order valence-corrected chi connectivity index (χ1v) is 9.60. The number of carbonyl (C=O) groups excluding carboxylic acids is 2. The Kier molecular flexibility index (Phi) is 3.73. The molecule has 7 atom stereocenters. The van der Waals surface area contributed by atoms with E-state index >= 15 is 0 Å². The molecule has 4 rings (SSSR count). The van der Waals surface area contributed by atoms with Gasteiger partial charge in [0.05, 0.1) is 17.8 Å². The van der Waals surface area contributed by atoms with Gasteiger partial charge in [-0.25, -0.2) is 0 Å². The van der Waals surface area contributed by atoms with Gasteiger partial charge < -0.3 is 15.3 Å². The highest BCUT2D eigenvalue weighted by atomic mass is 16.3. The van der Waals surface area contributed by atoms with Crippen molar-refractivity contribution in [1.82, 2.24) is 0 Å². The van der Waals surface area contributed by atoms with Gasteiger partial charge >= 0.3 is 0 Å². The van der Waals surface area contributed by atoms with Crippen LogP contribution in [0.3, 0.4) is 0 Å². The molecule has 2 fully saturated rings. The zero-order chi connectivity index (χ0) is 19.1. The van der Waals surface area contributed by atoms with Crippen LogP contribution in [0.5, 0.6) is 0 Å². The van der Waals surface area contributed by atoms with E-state index in [1.165, 1.54) is 0 Å². The molecule has 0 amide bonds. The molecule has 0 saturated heterocycles. The summed E-state index contributed by atoms with van der Waals surface area (Å²) >= 11 is 0. The smallest absolute Gasteiger partial charge is 0.160 e. The summed E-state index contributed by atoms with van der Waals surface area (Å²) in [6.07, 6.45) is 4.08. The standard InChI is InChI=1S/C21H28O5/c1-11(22)12-5-7-21(26)14-8-16(23)15-9-17(24)18(25)10-19(15,2)13(14)4-6-20(12,21)3/h4,8,12,15,17-18,24-26H,5-7,9-10H2,1-3H3/t12-,15+,17-,18+,19-,20-,21-/m1/s1. The van der Waals surface area contributed by atoms with Crippen molar-refractivity contribution in [2.75, 3.05) is 0 Å². The minimum absolute atomic E-state index is 0.0864. The zero-order valence-electron chi connectivity index (χ0n) is 15.7. The first-order chi connectivity index (χ1) is 12.0. The minimum Gasteiger partial charge on any atom is -0.390 e. The highest BCUT2D eigenvalue weighted by Crippen LogP contribution is 2.65. The summed E-state index contributed by atoms with van der Waals surface area (Å²) in [6.45, 7) is 5.50. The first kappa shape index (κ1) is 18.1. The fourth-order valence-corrected chi connectivity index (χ4v) is 6.38. The lowest BCUT2D eigenvalue weighted by Crippen LogP contribution is -2.57. The van der Waals surface area contributed by atoms with Crippen molar-refractivity contribution in [2.45, 2.75) is 70.7 Å². The van der Waals surface area contributed by atoms with Gasteiger partial charge in [-0.2, -0.15) is 0 Å². The molecule has 5 heteroatoms. The first-order valence-electron chi connectivity index (χ1n) is 9.60. The zero-order valence-corrected chi connectivity index (χ0v) is 15.7. The summed E-state index contributed by atoms with van der Waals surface area (Å²) < 4.78 is 0. The van der Waals surface area contributed by atoms with Gasteiger partial charge in [0.1, 0.15) is 5.78 Å². The number of aliphatic hydroxyl groups excluding tert-OH is 2. The topological polar surface area (TPSA) is 94.8 Å². The Morgan fingerprint density at radius 3 is 2.54 bits per heavy atom. The van der Waals surface area contributed by atoms with Gasteiger partial charge in [0.15, 0.2) is 5.78 Å². The number of fused-ring (bicyclic) bond motifs is 5. The average Bonchev–Trinajstić information content (AvgIpc) is 2.83. The van der Waals surface area contributed by atoms with Gasteiger partial charge in [0.2, 0.25) is 0 Å². The van der Waals surface area contributed by atoms with Crippen molar-refractivity contribution in [2.24, 2.45) is 22.7 Å². The Morgan fingerprint density at radius 1 is 1.19 bits per heavy atom. The van der Waals surface area contributed by atoms with Crippen molar-refractivity contribution < 1.29 is 24.9 Å². The summed E-state index contributed by atoms with van der Waals surface area (Å²) in [5, 5.41) is 32.0. The maximum atomic E-state index is 12.9. The monoisotopic (exact) mass is 360 g/mol. The van der Waals surface area contributed by atoms with Gasteiger partial charge in [-0.3, -0.25) is 9.59 Å². The van der Waals surface area contributed by atoms with E-state index in [4.69, 9.17) is 0 Å². The molecule has 4 aliphatic carbocycles. The molecule has 0 aromatic heterocycles. The van der Waals surface area contributed by atoms with E-state index in [0.717, 1.165) is 5.57 Å². The van der Waals surface area contributed by atoms with Gasteiger partial charge in [-0.15, -0.1) is 0 Å². The second-order valence-electron chi connectivity index (χ2n) is 9.31. The molecule has 0 unspecified atom stereocenters. The molecule has 0 bridgehead atoms. The average molecular weight is 360 g/mol. The van der Waals surface area contributed by atoms with E-state index in [9.17, 15) is 24.9 Å². The van der Waals surface area contributed by atoms with Crippen LogP contribution in [-0.4, -0.2) is 44.7 Å². The Morgan fingerprint density at radius 2 is 1.88 bits per heavy atom. The molecule has 0 aromatic carbocycles. The van der Waals surface area contributed by atoms with Crippen LogP contribution in [-0.2, 0) is 9.59 Å². The SMILES string of the molecule is CC(=O)[C@H]1CC[C@@]2(O)C3=CC(=O)[C@@H]4C[C@@H](O)[C@@H](O)C[C@]4(C)C3=CC[C@]12C. The molecular formula is C21H28O5. The predicted octanol–water partition coefficient (Wildman–Crippen LogP) is 1.70. The predicted molar refractivity (Wildman–Crippen MR) is 95.1 cm³/mol. The van der Waals surface area contributed by atoms with Crippen molar-refractivity contribution in [3.8, 4) is 0 Å². The molecule has 0 heterocycles. The van der Waals surface area contributed by atoms with Crippen LogP contribution in [0.4, 0.5) is 0 Å². The third-order valence-corrected chi connectivity index (χ3v) is 8.03. The van der Waals surface area contributed by atoms with Gasteiger partial charge in [-0.05, 0) is 56.3 Å². The maximum absolute atomic E-state index is 12.9. The van der Waals surface area contributed by atoms with Crippen molar-refractivity contribution in [3.63, 3.8) is 0 Å². The molecule has 0 spiro atoms. The second kappa shape index (κ2) is 5.37. The third-order valence-electron chi connectivity index (χ3n) is 8.03. The number of Topliss-reactive ketones (excluding diaryl/α,β-unsaturated/α-hetero) is 1. The van der Waals surface area contributed by atoms with Crippen LogP contribution in [0, 0.1) is 22.7 Å². The van der Waals surface area contributed by atoms with Crippen LogP contribution in [0.2, 0.25) is 0 Å². The summed E-state index contributed by atoms with van der Waals surface area (Å²) in [4.78, 5) is 25.1. The lowest BCUT2D eigenvalue weighted by atomic mass is 9.50. The van der Waals surface area contributed by atoms with Crippen molar-refractivity contribution in [1.29, 1.82) is 0 Å². The molecule has 142 valence electrons.